The minimum absolute atomic E-state index is 0.641. The van der Waals surface area contributed by atoms with Gasteiger partial charge in [-0.1, -0.05) is 35.5 Å². The van der Waals surface area contributed by atoms with Crippen molar-refractivity contribution < 1.29 is 0 Å². The Morgan fingerprint density at radius 3 is 2.69 bits per heavy atom. The van der Waals surface area contributed by atoms with E-state index in [9.17, 15) is 0 Å². The van der Waals surface area contributed by atoms with Crippen LogP contribution in [0.3, 0.4) is 0 Å². The molecule has 0 fully saturated rings. The summed E-state index contributed by atoms with van der Waals surface area (Å²) in [5.41, 5.74) is 7.86. The second-order valence-corrected chi connectivity index (χ2v) is 4.88. The Balaban J connectivity index is 2.30. The second-order valence-electron chi connectivity index (χ2n) is 3.41. The van der Waals surface area contributed by atoms with E-state index in [2.05, 4.69) is 4.98 Å². The lowest BCUT2D eigenvalue weighted by Crippen LogP contribution is -1.91. The third-order valence-corrected chi connectivity index (χ3v) is 3.59. The third kappa shape index (κ3) is 2.49. The molecule has 1 heterocycles. The van der Waals surface area contributed by atoms with Gasteiger partial charge in [0.25, 0.3) is 0 Å². The SMILES string of the molecule is Cc1cccc(N)c1Sc1ccc(Cl)cn1. The largest absolute Gasteiger partial charge is 0.398 e. The topological polar surface area (TPSA) is 38.9 Å². The molecule has 1 aromatic carbocycles. The molecular formula is C12H11ClN2S. The van der Waals surface area contributed by atoms with Crippen molar-refractivity contribution in [3.05, 3.63) is 47.1 Å². The van der Waals surface area contributed by atoms with Crippen LogP contribution >= 0.6 is 23.4 Å². The molecular weight excluding hydrogens is 240 g/mol. The van der Waals surface area contributed by atoms with Crippen molar-refractivity contribution >= 4 is 29.1 Å². The molecule has 16 heavy (non-hydrogen) atoms. The Morgan fingerprint density at radius 1 is 1.25 bits per heavy atom. The number of hydrogen-bond acceptors (Lipinski definition) is 3. The van der Waals surface area contributed by atoms with Crippen LogP contribution in [0.4, 0.5) is 5.69 Å². The molecule has 0 amide bonds. The first-order valence-corrected chi connectivity index (χ1v) is 6.01. The Morgan fingerprint density at radius 2 is 2.06 bits per heavy atom. The van der Waals surface area contributed by atoms with E-state index in [1.54, 1.807) is 18.0 Å². The number of benzene rings is 1. The molecule has 0 radical (unpaired) electrons. The summed E-state index contributed by atoms with van der Waals surface area (Å²) in [6.07, 6.45) is 1.64. The van der Waals surface area contributed by atoms with Gasteiger partial charge in [-0.05, 0) is 30.7 Å². The Labute approximate surface area is 104 Å². The highest BCUT2D eigenvalue weighted by Crippen LogP contribution is 2.33. The number of anilines is 1. The summed E-state index contributed by atoms with van der Waals surface area (Å²) in [6.45, 7) is 2.04. The summed E-state index contributed by atoms with van der Waals surface area (Å²) in [7, 11) is 0. The van der Waals surface area contributed by atoms with Crippen molar-refractivity contribution in [3.63, 3.8) is 0 Å². The number of aryl methyl sites for hydroxylation is 1. The molecule has 0 bridgehead atoms. The van der Waals surface area contributed by atoms with Crippen LogP contribution in [0.1, 0.15) is 5.56 Å². The van der Waals surface area contributed by atoms with Crippen LogP contribution in [0, 0.1) is 6.92 Å². The average Bonchev–Trinajstić information content (AvgIpc) is 2.26. The van der Waals surface area contributed by atoms with Crippen molar-refractivity contribution in [1.29, 1.82) is 0 Å². The lowest BCUT2D eigenvalue weighted by molar-refractivity contribution is 1.13. The molecule has 1 aromatic heterocycles. The highest BCUT2D eigenvalue weighted by Gasteiger charge is 2.05. The first-order chi connectivity index (χ1) is 7.66. The number of aromatic nitrogens is 1. The summed E-state index contributed by atoms with van der Waals surface area (Å²) in [4.78, 5) is 5.28. The van der Waals surface area contributed by atoms with Gasteiger partial charge in [-0.15, -0.1) is 0 Å². The summed E-state index contributed by atoms with van der Waals surface area (Å²) >= 11 is 7.34. The van der Waals surface area contributed by atoms with Crippen molar-refractivity contribution in [2.45, 2.75) is 16.8 Å². The van der Waals surface area contributed by atoms with Gasteiger partial charge in [0, 0.05) is 16.8 Å². The van der Waals surface area contributed by atoms with E-state index in [1.807, 2.05) is 37.3 Å². The quantitative estimate of drug-likeness (QED) is 0.825. The van der Waals surface area contributed by atoms with Crippen molar-refractivity contribution in [2.75, 3.05) is 5.73 Å². The molecule has 0 unspecified atom stereocenters. The zero-order chi connectivity index (χ0) is 11.5. The number of nitrogens with zero attached hydrogens (tertiary/aromatic N) is 1. The minimum Gasteiger partial charge on any atom is -0.398 e. The van der Waals surface area contributed by atoms with Crippen LogP contribution in [0.25, 0.3) is 0 Å². The number of pyridine rings is 1. The molecule has 0 aliphatic carbocycles. The second kappa shape index (κ2) is 4.76. The van der Waals surface area contributed by atoms with Crippen molar-refractivity contribution in [2.24, 2.45) is 0 Å². The third-order valence-electron chi connectivity index (χ3n) is 2.15. The highest BCUT2D eigenvalue weighted by atomic mass is 35.5. The molecule has 2 rings (SSSR count). The van der Waals surface area contributed by atoms with Crippen molar-refractivity contribution in [1.82, 2.24) is 4.98 Å². The predicted octanol–water partition coefficient (Wildman–Crippen LogP) is 3.78. The fourth-order valence-corrected chi connectivity index (χ4v) is 2.32. The molecule has 2 N–H and O–H groups in total. The van der Waals surface area contributed by atoms with E-state index in [0.717, 1.165) is 21.2 Å². The van der Waals surface area contributed by atoms with Crippen LogP contribution in [-0.4, -0.2) is 4.98 Å². The van der Waals surface area contributed by atoms with Crippen LogP contribution in [0.5, 0.6) is 0 Å². The average molecular weight is 251 g/mol. The molecule has 0 saturated heterocycles. The Kier molecular flexibility index (Phi) is 3.36. The molecule has 0 aliphatic heterocycles. The molecule has 0 saturated carbocycles. The van der Waals surface area contributed by atoms with Gasteiger partial charge in [0.05, 0.1) is 5.02 Å². The number of rotatable bonds is 2. The first kappa shape index (κ1) is 11.3. The Hall–Kier alpha value is -1.19. The number of hydrogen-bond donors (Lipinski definition) is 1. The van der Waals surface area contributed by atoms with E-state index < -0.39 is 0 Å². The standard InChI is InChI=1S/C12H11ClN2S/c1-8-3-2-4-10(14)12(8)16-11-6-5-9(13)7-15-11/h2-7H,14H2,1H3. The van der Waals surface area contributed by atoms with E-state index in [-0.39, 0.29) is 0 Å². The smallest absolute Gasteiger partial charge is 0.101 e. The maximum Gasteiger partial charge on any atom is 0.101 e. The van der Waals surface area contributed by atoms with Crippen LogP contribution in [0.2, 0.25) is 5.02 Å². The number of nitrogen functional groups attached to an aromatic ring is 1. The number of nitrogens with two attached hydrogens (primary N) is 1. The molecule has 0 spiro atoms. The Bertz CT molecular complexity index is 477. The van der Waals surface area contributed by atoms with Crippen LogP contribution < -0.4 is 5.73 Å². The zero-order valence-electron chi connectivity index (χ0n) is 8.77. The van der Waals surface area contributed by atoms with Crippen molar-refractivity contribution in [3.8, 4) is 0 Å². The highest BCUT2D eigenvalue weighted by molar-refractivity contribution is 7.99. The van der Waals surface area contributed by atoms with Crippen LogP contribution in [-0.2, 0) is 0 Å². The van der Waals surface area contributed by atoms with E-state index in [0.29, 0.717) is 5.02 Å². The van der Waals surface area contributed by atoms with Gasteiger partial charge >= 0.3 is 0 Å². The van der Waals surface area contributed by atoms with Gasteiger partial charge in [-0.25, -0.2) is 4.98 Å². The lowest BCUT2D eigenvalue weighted by Gasteiger charge is -2.07. The maximum atomic E-state index is 5.92. The first-order valence-electron chi connectivity index (χ1n) is 4.81. The fraction of sp³-hybridized carbons (Fsp3) is 0.0833. The van der Waals surface area contributed by atoms with E-state index in [1.165, 1.54) is 0 Å². The summed E-state index contributed by atoms with van der Waals surface area (Å²) in [5.74, 6) is 0. The van der Waals surface area contributed by atoms with Gasteiger partial charge in [0.15, 0.2) is 0 Å². The molecule has 82 valence electrons. The summed E-state index contributed by atoms with van der Waals surface area (Å²) in [5, 5.41) is 1.53. The molecule has 0 aliphatic rings. The lowest BCUT2D eigenvalue weighted by atomic mass is 10.2. The zero-order valence-corrected chi connectivity index (χ0v) is 10.3. The van der Waals surface area contributed by atoms with Gasteiger partial charge in [-0.2, -0.15) is 0 Å². The fourth-order valence-electron chi connectivity index (χ4n) is 1.34. The number of halogens is 1. The molecule has 2 nitrogen and oxygen atoms in total. The minimum atomic E-state index is 0.641. The van der Waals surface area contributed by atoms with Gasteiger partial charge in [-0.3, -0.25) is 0 Å². The predicted molar refractivity (Wildman–Crippen MR) is 69.0 cm³/mol. The van der Waals surface area contributed by atoms with E-state index >= 15 is 0 Å². The molecule has 4 heteroatoms. The molecule has 0 atom stereocenters. The summed E-state index contributed by atoms with van der Waals surface area (Å²) in [6, 6.07) is 9.59. The van der Waals surface area contributed by atoms with Gasteiger partial charge < -0.3 is 5.73 Å². The van der Waals surface area contributed by atoms with Crippen LogP contribution in [0.15, 0.2) is 46.5 Å². The molecule has 2 aromatic rings. The maximum absolute atomic E-state index is 5.92. The monoisotopic (exact) mass is 250 g/mol. The normalized spacial score (nSPS) is 10.4. The van der Waals surface area contributed by atoms with E-state index in [4.69, 9.17) is 17.3 Å². The van der Waals surface area contributed by atoms with Gasteiger partial charge in [0.2, 0.25) is 0 Å². The van der Waals surface area contributed by atoms with Gasteiger partial charge in [0.1, 0.15) is 5.03 Å². The summed E-state index contributed by atoms with van der Waals surface area (Å²) < 4.78 is 0.